The van der Waals surface area contributed by atoms with Gasteiger partial charge in [-0.3, -0.25) is 14.3 Å². The van der Waals surface area contributed by atoms with E-state index in [9.17, 15) is 14.5 Å². The molecule has 0 unspecified atom stereocenters. The van der Waals surface area contributed by atoms with Crippen molar-refractivity contribution in [3.8, 4) is 5.75 Å². The second-order valence-corrected chi connectivity index (χ2v) is 6.45. The first-order chi connectivity index (χ1) is 11.1. The maximum absolute atomic E-state index is 10.8. The number of nitrogens with two attached hydrogens (primary N) is 1. The lowest BCUT2D eigenvalue weighted by Gasteiger charge is -2.19. The molecule has 0 fully saturated rings. The number of rotatable bonds is 10. The van der Waals surface area contributed by atoms with Crippen LogP contribution < -0.4 is 11.1 Å². The molecule has 0 amide bonds. The van der Waals surface area contributed by atoms with Gasteiger partial charge < -0.3 is 31.1 Å². The number of aryl methyl sites for hydroxylation is 1. The molecule has 1 atom stereocenters. The summed E-state index contributed by atoms with van der Waals surface area (Å²) in [6.45, 7) is 1.48. The summed E-state index contributed by atoms with van der Waals surface area (Å²) in [6, 6.07) is -0.287. The van der Waals surface area contributed by atoms with Crippen LogP contribution in [0.1, 0.15) is 29.7 Å². The van der Waals surface area contributed by atoms with E-state index in [0.717, 1.165) is 0 Å². The quantitative estimate of drug-likeness (QED) is 0.310. The Morgan fingerprint density at radius 3 is 2.71 bits per heavy atom. The molecule has 11 heteroatoms. The zero-order valence-electron chi connectivity index (χ0n) is 13.2. The largest absolute Gasteiger partial charge is 0.506 e. The maximum atomic E-state index is 10.8. The van der Waals surface area contributed by atoms with Gasteiger partial charge in [-0.2, -0.15) is 0 Å². The number of aliphatic carboxylic acids is 1. The van der Waals surface area contributed by atoms with Gasteiger partial charge in [0.1, 0.15) is 5.75 Å². The van der Waals surface area contributed by atoms with Gasteiger partial charge in [0, 0.05) is 42.9 Å². The zero-order valence-corrected chi connectivity index (χ0v) is 14.1. The van der Waals surface area contributed by atoms with E-state index < -0.39 is 20.4 Å². The standard InChI is InChI=1S/C13H22N3O7P/c1-8-13(19)11(6-16-10(4-14)2-3-12(17)18)9(5-15-8)7-23-24(20,21)22/h5,10,16,19H,2-4,6-7,14H2,1H3,(H,17,18)(H2,20,21,22)/t10-/m1/s1. The molecule has 7 N–H and O–H groups in total. The van der Waals surface area contributed by atoms with E-state index >= 15 is 0 Å². The predicted molar refractivity (Wildman–Crippen MR) is 84.0 cm³/mol. The topological polar surface area (TPSA) is 175 Å². The number of aromatic nitrogens is 1. The first kappa shape index (κ1) is 20.5. The summed E-state index contributed by atoms with van der Waals surface area (Å²) in [4.78, 5) is 32.1. The Hall–Kier alpha value is -1.55. The molecular weight excluding hydrogens is 341 g/mol. The van der Waals surface area contributed by atoms with E-state index in [4.69, 9.17) is 20.6 Å². The molecule has 0 radical (unpaired) electrons. The van der Waals surface area contributed by atoms with Crippen LogP contribution in [0.15, 0.2) is 6.20 Å². The summed E-state index contributed by atoms with van der Waals surface area (Å²) >= 11 is 0. The molecule has 0 aliphatic heterocycles. The van der Waals surface area contributed by atoms with Gasteiger partial charge in [-0.25, -0.2) is 4.57 Å². The van der Waals surface area contributed by atoms with E-state index in [1.165, 1.54) is 6.20 Å². The Kier molecular flexibility index (Phi) is 7.74. The molecule has 0 bridgehead atoms. The number of carbonyl (C=O) groups is 1. The molecule has 0 saturated heterocycles. The van der Waals surface area contributed by atoms with Gasteiger partial charge in [0.05, 0.1) is 12.3 Å². The van der Waals surface area contributed by atoms with Crippen molar-refractivity contribution in [1.82, 2.24) is 10.3 Å². The summed E-state index contributed by atoms with van der Waals surface area (Å²) in [5, 5.41) is 21.9. The second-order valence-electron chi connectivity index (χ2n) is 5.21. The SMILES string of the molecule is Cc1ncc(COP(=O)(O)O)c(CN[C@@H](CN)CCC(=O)O)c1O. The van der Waals surface area contributed by atoms with Crippen LogP contribution in [0.3, 0.4) is 0 Å². The van der Waals surface area contributed by atoms with Gasteiger partial charge in [-0.15, -0.1) is 0 Å². The highest BCUT2D eigenvalue weighted by Gasteiger charge is 2.19. The minimum Gasteiger partial charge on any atom is -0.506 e. The number of nitrogens with zero attached hydrogens (tertiary/aromatic N) is 1. The highest BCUT2D eigenvalue weighted by Crippen LogP contribution is 2.38. The monoisotopic (exact) mass is 363 g/mol. The van der Waals surface area contributed by atoms with Crippen molar-refractivity contribution in [3.63, 3.8) is 0 Å². The lowest BCUT2D eigenvalue weighted by Crippen LogP contribution is -2.36. The van der Waals surface area contributed by atoms with Crippen molar-refractivity contribution >= 4 is 13.8 Å². The number of phosphoric ester groups is 1. The average Bonchev–Trinajstić information content (AvgIpc) is 2.49. The summed E-state index contributed by atoms with van der Waals surface area (Å²) in [5.41, 5.74) is 6.61. The van der Waals surface area contributed by atoms with Gasteiger partial charge in [0.15, 0.2) is 0 Å². The van der Waals surface area contributed by atoms with Crippen molar-refractivity contribution in [3.05, 3.63) is 23.0 Å². The van der Waals surface area contributed by atoms with Crippen LogP contribution in [0, 0.1) is 6.92 Å². The Balaban J connectivity index is 2.85. The van der Waals surface area contributed by atoms with Crippen LogP contribution in [0.4, 0.5) is 0 Å². The lowest BCUT2D eigenvalue weighted by molar-refractivity contribution is -0.137. The fourth-order valence-electron chi connectivity index (χ4n) is 2.01. The molecule has 0 aliphatic carbocycles. The van der Waals surface area contributed by atoms with Crippen LogP contribution in [0.5, 0.6) is 5.75 Å². The van der Waals surface area contributed by atoms with Crippen molar-refractivity contribution in [1.29, 1.82) is 0 Å². The third-order valence-corrected chi connectivity index (χ3v) is 3.84. The average molecular weight is 363 g/mol. The summed E-state index contributed by atoms with van der Waals surface area (Å²) in [7, 11) is -4.66. The third-order valence-electron chi connectivity index (χ3n) is 3.38. The smallest absolute Gasteiger partial charge is 0.469 e. The van der Waals surface area contributed by atoms with Crippen LogP contribution in [-0.4, -0.2) is 43.5 Å². The van der Waals surface area contributed by atoms with E-state index in [2.05, 4.69) is 14.8 Å². The molecule has 136 valence electrons. The number of phosphoric acid groups is 1. The van der Waals surface area contributed by atoms with Crippen LogP contribution in [-0.2, 0) is 27.0 Å². The highest BCUT2D eigenvalue weighted by atomic mass is 31.2. The summed E-state index contributed by atoms with van der Waals surface area (Å²) < 4.78 is 15.3. The molecule has 1 rings (SSSR count). The highest BCUT2D eigenvalue weighted by molar-refractivity contribution is 7.46. The molecule has 1 aromatic heterocycles. The predicted octanol–water partition coefficient (Wildman–Crippen LogP) is -0.0134. The second kappa shape index (κ2) is 9.07. The van der Waals surface area contributed by atoms with Crippen LogP contribution in [0.25, 0.3) is 0 Å². The molecule has 0 aromatic carbocycles. The van der Waals surface area contributed by atoms with Crippen molar-refractivity contribution in [2.75, 3.05) is 6.54 Å². The fraction of sp³-hybridized carbons (Fsp3) is 0.538. The number of aromatic hydroxyl groups is 1. The van der Waals surface area contributed by atoms with Gasteiger partial charge >= 0.3 is 13.8 Å². The minimum atomic E-state index is -4.66. The van der Waals surface area contributed by atoms with Gasteiger partial charge in [0.2, 0.25) is 0 Å². The Morgan fingerprint density at radius 2 is 2.17 bits per heavy atom. The number of hydrogen-bond acceptors (Lipinski definition) is 7. The third kappa shape index (κ3) is 6.91. The van der Waals surface area contributed by atoms with Crippen LogP contribution in [0.2, 0.25) is 0 Å². The van der Waals surface area contributed by atoms with Gasteiger partial charge in [-0.05, 0) is 13.3 Å². The summed E-state index contributed by atoms with van der Waals surface area (Å²) in [6.07, 6.45) is 1.62. The number of carboxylic acids is 1. The molecule has 0 aliphatic rings. The fourth-order valence-corrected chi connectivity index (χ4v) is 2.31. The molecule has 1 aromatic rings. The normalized spacial score (nSPS) is 13.0. The summed E-state index contributed by atoms with van der Waals surface area (Å²) in [5.74, 6) is -1.06. The van der Waals surface area contributed by atoms with E-state index in [0.29, 0.717) is 23.2 Å². The molecular formula is C13H22N3O7P. The number of nitrogens with one attached hydrogen (secondary N) is 1. The van der Waals surface area contributed by atoms with E-state index in [1.807, 2.05) is 0 Å². The zero-order chi connectivity index (χ0) is 18.3. The molecule has 0 spiro atoms. The number of carboxylic acid groups (broad SMARTS) is 1. The maximum Gasteiger partial charge on any atom is 0.469 e. The minimum absolute atomic E-state index is 0.0512. The molecule has 1 heterocycles. The first-order valence-electron chi connectivity index (χ1n) is 7.15. The van der Waals surface area contributed by atoms with Crippen molar-refractivity contribution < 1.29 is 33.9 Å². The Morgan fingerprint density at radius 1 is 1.50 bits per heavy atom. The molecule has 24 heavy (non-hydrogen) atoms. The lowest BCUT2D eigenvalue weighted by atomic mass is 10.1. The van der Waals surface area contributed by atoms with Crippen LogP contribution >= 0.6 is 7.82 Å². The van der Waals surface area contributed by atoms with Crippen molar-refractivity contribution in [2.24, 2.45) is 5.73 Å². The first-order valence-corrected chi connectivity index (χ1v) is 8.68. The van der Waals surface area contributed by atoms with E-state index in [1.54, 1.807) is 6.92 Å². The number of pyridine rings is 1. The van der Waals surface area contributed by atoms with E-state index in [-0.39, 0.29) is 31.3 Å². The van der Waals surface area contributed by atoms with Gasteiger partial charge in [-0.1, -0.05) is 0 Å². The molecule has 0 saturated carbocycles. The van der Waals surface area contributed by atoms with Crippen molar-refractivity contribution in [2.45, 2.75) is 39.0 Å². The molecule has 10 nitrogen and oxygen atoms in total. The Labute approximate surface area is 138 Å². The Bertz CT molecular complexity index is 620. The van der Waals surface area contributed by atoms with Gasteiger partial charge in [0.25, 0.3) is 0 Å². The number of hydrogen-bond donors (Lipinski definition) is 6.